The Hall–Kier alpha value is -7.83. The van der Waals surface area contributed by atoms with Crippen molar-refractivity contribution in [3.8, 4) is 45.3 Å². The van der Waals surface area contributed by atoms with Gasteiger partial charge in [0.1, 0.15) is 33.5 Å². The van der Waals surface area contributed by atoms with E-state index in [-0.39, 0.29) is 0 Å². The van der Waals surface area contributed by atoms with Crippen molar-refractivity contribution in [1.29, 1.82) is 0 Å². The topological polar surface area (TPSA) is 78.1 Å². The van der Waals surface area contributed by atoms with Gasteiger partial charge in [-0.2, -0.15) is 0 Å². The van der Waals surface area contributed by atoms with E-state index in [1.54, 1.807) is 0 Å². The minimum Gasteiger partial charge on any atom is -0.456 e. The van der Waals surface area contributed by atoms with Gasteiger partial charge in [0, 0.05) is 49.0 Å². The summed E-state index contributed by atoms with van der Waals surface area (Å²) in [4.78, 5) is 16.0. The van der Waals surface area contributed by atoms with Gasteiger partial charge in [0.2, 0.25) is 0 Å². The number of aromatic nitrogens is 3. The first-order chi connectivity index (χ1) is 29.2. The fourth-order valence-corrected chi connectivity index (χ4v) is 9.20. The second-order valence-corrected chi connectivity index (χ2v) is 15.4. The molecule has 0 unspecified atom stereocenters. The molecule has 0 N–H and O–H groups in total. The molecule has 4 heterocycles. The quantitative estimate of drug-likeness (QED) is 0.178. The Balaban J connectivity index is 1.10. The molecule has 8 aromatic carbocycles. The molecule has 0 saturated carbocycles. The summed E-state index contributed by atoms with van der Waals surface area (Å²) in [5, 5.41) is 8.49. The number of hydrogen-bond acceptors (Lipinski definition) is 6. The molecule has 0 aliphatic heterocycles. The first kappa shape index (κ1) is 32.3. The number of aryl methyl sites for hydroxylation is 1. The molecule has 13 rings (SSSR count). The molecule has 0 fully saturated rings. The normalized spacial score (nSPS) is 12.9. The van der Waals surface area contributed by atoms with E-state index in [2.05, 4.69) is 91.0 Å². The first-order valence-corrected chi connectivity index (χ1v) is 20.0. The zero-order valence-corrected chi connectivity index (χ0v) is 31.6. The summed E-state index contributed by atoms with van der Waals surface area (Å²) < 4.78 is 19.2. The average molecular weight is 758 g/mol. The fourth-order valence-electron chi connectivity index (χ4n) is 9.20. The zero-order valence-electron chi connectivity index (χ0n) is 31.6. The van der Waals surface area contributed by atoms with Gasteiger partial charge in [-0.3, -0.25) is 0 Å². The van der Waals surface area contributed by atoms with Crippen LogP contribution in [-0.4, -0.2) is 15.0 Å². The maximum atomic E-state index is 6.66. The van der Waals surface area contributed by atoms with Crippen LogP contribution in [0.3, 0.4) is 0 Å². The van der Waals surface area contributed by atoms with Crippen molar-refractivity contribution in [3.63, 3.8) is 0 Å². The van der Waals surface area contributed by atoms with E-state index in [0.29, 0.717) is 17.5 Å². The van der Waals surface area contributed by atoms with E-state index in [4.69, 9.17) is 28.2 Å². The summed E-state index contributed by atoms with van der Waals surface area (Å²) in [5.74, 6) is 1.72. The molecule has 0 saturated heterocycles. The summed E-state index contributed by atoms with van der Waals surface area (Å²) >= 11 is 0. The van der Waals surface area contributed by atoms with Gasteiger partial charge in [-0.15, -0.1) is 0 Å². The van der Waals surface area contributed by atoms with Crippen LogP contribution in [0.5, 0.6) is 0 Å². The van der Waals surface area contributed by atoms with Gasteiger partial charge in [0.25, 0.3) is 0 Å². The fraction of sp³-hybridized carbons (Fsp3) is 0.0377. The van der Waals surface area contributed by atoms with Gasteiger partial charge in [0.15, 0.2) is 17.5 Å². The van der Waals surface area contributed by atoms with Crippen LogP contribution in [-0.2, 0) is 6.42 Å². The van der Waals surface area contributed by atoms with Crippen molar-refractivity contribution in [1.82, 2.24) is 15.0 Å². The number of hydrogen-bond donors (Lipinski definition) is 0. The van der Waals surface area contributed by atoms with E-state index in [9.17, 15) is 0 Å². The van der Waals surface area contributed by atoms with E-state index in [1.165, 1.54) is 21.9 Å². The number of fused-ring (bicyclic) bond motifs is 12. The minimum absolute atomic E-state index is 0.555. The summed E-state index contributed by atoms with van der Waals surface area (Å²) in [5.41, 5.74) is 12.2. The van der Waals surface area contributed by atoms with Crippen LogP contribution >= 0.6 is 0 Å². The molecular weight excluding hydrogens is 727 g/mol. The smallest absolute Gasteiger partial charge is 0.164 e. The van der Waals surface area contributed by atoms with Crippen molar-refractivity contribution in [2.45, 2.75) is 12.8 Å². The Kier molecular flexibility index (Phi) is 6.75. The van der Waals surface area contributed by atoms with E-state index in [1.807, 2.05) is 72.8 Å². The highest BCUT2D eigenvalue weighted by molar-refractivity contribution is 6.16. The molecule has 0 atom stereocenters. The van der Waals surface area contributed by atoms with Gasteiger partial charge >= 0.3 is 0 Å². The standard InChI is InChI=1S/C53H31N3O3/c1-2-11-35-30(10-1)20-21-31-22-23-32(26-40(31)35)51-54-52(33-24-25-46-41(27-33)37-12-3-6-16-43(37)57-46)56-53(55-51)42-28-34(29-48-50(42)39-14-5-8-18-45(39)59-48)36-15-9-19-47-49(36)38-13-4-7-17-44(38)58-47/h2-9,11-29H,1,10H2. The second-order valence-electron chi connectivity index (χ2n) is 15.4. The van der Waals surface area contributed by atoms with Crippen LogP contribution in [0.4, 0.5) is 0 Å². The van der Waals surface area contributed by atoms with Crippen LogP contribution in [0, 0.1) is 0 Å². The summed E-state index contributed by atoms with van der Waals surface area (Å²) in [7, 11) is 0. The molecule has 276 valence electrons. The Morgan fingerprint density at radius 3 is 1.78 bits per heavy atom. The number of benzene rings is 8. The lowest BCUT2D eigenvalue weighted by atomic mass is 9.91. The monoisotopic (exact) mass is 757 g/mol. The van der Waals surface area contributed by atoms with Crippen LogP contribution in [0.25, 0.3) is 128 Å². The predicted octanol–water partition coefficient (Wildman–Crippen LogP) is 14.4. The lowest BCUT2D eigenvalue weighted by molar-refractivity contribution is 0.668. The number of rotatable bonds is 4. The Bertz CT molecular complexity index is 3750. The van der Waals surface area contributed by atoms with E-state index >= 15 is 0 Å². The largest absolute Gasteiger partial charge is 0.456 e. The molecule has 0 bridgehead atoms. The molecule has 0 amide bonds. The predicted molar refractivity (Wildman–Crippen MR) is 238 cm³/mol. The van der Waals surface area contributed by atoms with Crippen molar-refractivity contribution < 1.29 is 13.3 Å². The highest BCUT2D eigenvalue weighted by Gasteiger charge is 2.22. The number of furan rings is 3. The Morgan fingerprint density at radius 2 is 0.983 bits per heavy atom. The van der Waals surface area contributed by atoms with Crippen molar-refractivity contribution in [3.05, 3.63) is 169 Å². The molecule has 6 heteroatoms. The molecule has 59 heavy (non-hydrogen) atoms. The van der Waals surface area contributed by atoms with Crippen LogP contribution < -0.4 is 0 Å². The first-order valence-electron chi connectivity index (χ1n) is 20.0. The second kappa shape index (κ2) is 12.3. The number of nitrogens with zero attached hydrogens (tertiary/aromatic N) is 3. The third-order valence-electron chi connectivity index (χ3n) is 12.0. The Morgan fingerprint density at radius 1 is 0.390 bits per heavy atom. The molecule has 1 aliphatic rings. The maximum Gasteiger partial charge on any atom is 0.164 e. The summed E-state index contributed by atoms with van der Waals surface area (Å²) in [6.45, 7) is 0. The molecule has 6 nitrogen and oxygen atoms in total. The maximum absolute atomic E-state index is 6.66. The lowest BCUT2D eigenvalue weighted by Crippen LogP contribution is -2.01. The molecule has 0 spiro atoms. The lowest BCUT2D eigenvalue weighted by Gasteiger charge is -2.15. The van der Waals surface area contributed by atoms with Gasteiger partial charge < -0.3 is 13.3 Å². The van der Waals surface area contributed by atoms with E-state index < -0.39 is 0 Å². The molecule has 1 aliphatic carbocycles. The summed E-state index contributed by atoms with van der Waals surface area (Å²) in [6.07, 6.45) is 6.61. The van der Waals surface area contributed by atoms with Crippen molar-refractivity contribution in [2.75, 3.05) is 0 Å². The average Bonchev–Trinajstić information content (AvgIpc) is 3.99. The van der Waals surface area contributed by atoms with Crippen LogP contribution in [0.1, 0.15) is 17.5 Å². The summed E-state index contributed by atoms with van der Waals surface area (Å²) in [6, 6.07) is 52.3. The molecular formula is C53H31N3O3. The number of para-hydroxylation sites is 3. The third kappa shape index (κ3) is 4.96. The SMILES string of the molecule is C1=Cc2c(ccc3ccc(-c4nc(-c5ccc6oc7ccccc7c6c5)nc(-c5cc(-c6cccc7oc8ccccc8c67)cc6oc7ccccc7c56)n4)cc23)CC1. The number of allylic oxidation sites excluding steroid dienone is 1. The van der Waals surface area contributed by atoms with Gasteiger partial charge in [-0.25, -0.2) is 15.0 Å². The highest BCUT2D eigenvalue weighted by atomic mass is 16.3. The third-order valence-corrected chi connectivity index (χ3v) is 12.0. The Labute approximate surface area is 336 Å². The van der Waals surface area contributed by atoms with Crippen LogP contribution in [0.2, 0.25) is 0 Å². The molecule has 12 aromatic rings. The van der Waals surface area contributed by atoms with Gasteiger partial charge in [-0.1, -0.05) is 103 Å². The van der Waals surface area contributed by atoms with E-state index in [0.717, 1.165) is 106 Å². The van der Waals surface area contributed by atoms with Crippen LogP contribution in [0.15, 0.2) is 171 Å². The minimum atomic E-state index is 0.555. The highest BCUT2D eigenvalue weighted by Crippen LogP contribution is 2.43. The molecule has 0 radical (unpaired) electrons. The van der Waals surface area contributed by atoms with Crippen molar-refractivity contribution >= 4 is 82.7 Å². The zero-order chi connectivity index (χ0) is 38.6. The van der Waals surface area contributed by atoms with Gasteiger partial charge in [-0.05, 0) is 107 Å². The van der Waals surface area contributed by atoms with Crippen molar-refractivity contribution in [2.24, 2.45) is 0 Å². The molecule has 4 aromatic heterocycles. The van der Waals surface area contributed by atoms with Gasteiger partial charge in [0.05, 0.1) is 0 Å².